The maximum atomic E-state index is 15.1. The Morgan fingerprint density at radius 2 is 1.94 bits per heavy atom. The summed E-state index contributed by atoms with van der Waals surface area (Å²) < 4.78 is 51.5. The average molecular weight is 463 g/mol. The van der Waals surface area contributed by atoms with Gasteiger partial charge in [0, 0.05) is 37.6 Å². The summed E-state index contributed by atoms with van der Waals surface area (Å²) >= 11 is -2.97. The van der Waals surface area contributed by atoms with Gasteiger partial charge in [0.1, 0.15) is 11.3 Å². The number of aromatic nitrogens is 1. The van der Waals surface area contributed by atoms with E-state index < -0.39 is 52.6 Å². The zero-order chi connectivity index (χ0) is 23.6. The normalized spacial score (nSPS) is 17.2. The Labute approximate surface area is 183 Å². The molecule has 1 aromatic rings. The summed E-state index contributed by atoms with van der Waals surface area (Å²) in [5.74, 6) is -1.99. The Bertz CT molecular complexity index is 844. The lowest BCUT2D eigenvalue weighted by Crippen LogP contribution is -2.59. The zero-order valence-electron chi connectivity index (χ0n) is 18.3. The van der Waals surface area contributed by atoms with Crippen LogP contribution in [0.5, 0.6) is 0 Å². The number of piperidine rings is 1. The van der Waals surface area contributed by atoms with Gasteiger partial charge in [-0.1, -0.05) is 0 Å². The third-order valence-corrected chi connectivity index (χ3v) is 5.89. The van der Waals surface area contributed by atoms with E-state index in [2.05, 4.69) is 0 Å². The highest BCUT2D eigenvalue weighted by atomic mass is 32.2. The monoisotopic (exact) mass is 462 g/mol. The van der Waals surface area contributed by atoms with Gasteiger partial charge in [-0.05, 0) is 40.5 Å². The molecule has 1 saturated heterocycles. The first-order valence-corrected chi connectivity index (χ1v) is 10.9. The molecule has 10 nitrogen and oxygen atoms in total. The van der Waals surface area contributed by atoms with Gasteiger partial charge in [-0.15, -0.1) is 0 Å². The summed E-state index contributed by atoms with van der Waals surface area (Å²) in [4.78, 5) is 25.8. The van der Waals surface area contributed by atoms with Crippen LogP contribution in [-0.4, -0.2) is 72.8 Å². The van der Waals surface area contributed by atoms with E-state index in [4.69, 9.17) is 9.47 Å². The second-order valence-corrected chi connectivity index (χ2v) is 9.17. The van der Waals surface area contributed by atoms with Gasteiger partial charge >= 0.3 is 12.1 Å². The number of esters is 1. The Hall–Kier alpha value is -2.18. The van der Waals surface area contributed by atoms with Crippen molar-refractivity contribution in [1.29, 1.82) is 0 Å². The summed E-state index contributed by atoms with van der Waals surface area (Å²) in [6.45, 7) is 6.38. The first kappa shape index (κ1) is 25.1. The molecular weight excluding hydrogens is 433 g/mol. The molecule has 0 radical (unpaired) electrons. The SMILES string of the molecule is CCOC(=O)c1c(F)c(N(S(=O)[O-])C2(CO)CCN(C(=O)OC(C)(C)C)CC2)cn1C. The first-order valence-electron chi connectivity index (χ1n) is 9.87. The van der Waals surface area contributed by atoms with E-state index in [1.165, 1.54) is 11.9 Å². The molecule has 1 aliphatic rings. The van der Waals surface area contributed by atoms with Gasteiger partial charge in [-0.2, -0.15) is 0 Å². The summed E-state index contributed by atoms with van der Waals surface area (Å²) in [6, 6.07) is 0. The van der Waals surface area contributed by atoms with Crippen molar-refractivity contribution in [2.45, 2.75) is 51.7 Å². The largest absolute Gasteiger partial charge is 0.755 e. The molecule has 0 aromatic carbocycles. The molecule has 0 saturated carbocycles. The van der Waals surface area contributed by atoms with Crippen molar-refractivity contribution in [3.63, 3.8) is 0 Å². The second kappa shape index (κ2) is 9.53. The number of halogens is 1. The van der Waals surface area contributed by atoms with E-state index >= 15 is 4.39 Å². The van der Waals surface area contributed by atoms with E-state index in [1.54, 1.807) is 27.7 Å². The highest BCUT2D eigenvalue weighted by Crippen LogP contribution is 2.37. The molecular formula is C19H29FN3O7S-. The van der Waals surface area contributed by atoms with Crippen LogP contribution in [0.25, 0.3) is 0 Å². The minimum atomic E-state index is -2.97. The summed E-state index contributed by atoms with van der Waals surface area (Å²) in [5.41, 5.74) is -2.88. The number of aryl methyl sites for hydroxylation is 1. The van der Waals surface area contributed by atoms with E-state index in [1.807, 2.05) is 0 Å². The van der Waals surface area contributed by atoms with Gasteiger partial charge in [0.2, 0.25) is 0 Å². The van der Waals surface area contributed by atoms with E-state index in [-0.39, 0.29) is 38.2 Å². The molecule has 0 spiro atoms. The molecule has 2 heterocycles. The lowest BCUT2D eigenvalue weighted by Gasteiger charge is -2.48. The molecule has 1 aliphatic heterocycles. The van der Waals surface area contributed by atoms with E-state index in [9.17, 15) is 23.5 Å². The van der Waals surface area contributed by atoms with Gasteiger partial charge in [0.25, 0.3) is 0 Å². The van der Waals surface area contributed by atoms with Crippen molar-refractivity contribution in [2.75, 3.05) is 30.6 Å². The fourth-order valence-electron chi connectivity index (χ4n) is 3.51. The number of aliphatic hydroxyl groups excluding tert-OH is 1. The molecule has 176 valence electrons. The second-order valence-electron chi connectivity index (χ2n) is 8.37. The molecule has 12 heteroatoms. The minimum Gasteiger partial charge on any atom is -0.755 e. The van der Waals surface area contributed by atoms with Gasteiger partial charge in [0.05, 0.1) is 18.8 Å². The first-order chi connectivity index (χ1) is 14.4. The predicted octanol–water partition coefficient (Wildman–Crippen LogP) is 1.70. The number of nitrogens with zero attached hydrogens (tertiary/aromatic N) is 3. The summed E-state index contributed by atoms with van der Waals surface area (Å²) in [6.07, 6.45) is 0.693. The van der Waals surface area contributed by atoms with Crippen LogP contribution in [0.2, 0.25) is 0 Å². The Morgan fingerprint density at radius 3 is 2.39 bits per heavy atom. The van der Waals surface area contributed by atoms with Crippen LogP contribution in [0, 0.1) is 5.82 Å². The minimum absolute atomic E-state index is 0.0249. The number of hydrogen-bond acceptors (Lipinski definition) is 7. The number of carbonyl (C=O) groups excluding carboxylic acids is 2. The molecule has 1 amide bonds. The van der Waals surface area contributed by atoms with Crippen LogP contribution in [0.1, 0.15) is 51.0 Å². The third-order valence-electron chi connectivity index (χ3n) is 5.01. The maximum absolute atomic E-state index is 15.1. The molecule has 1 atom stereocenters. The van der Waals surface area contributed by atoms with Crippen LogP contribution >= 0.6 is 0 Å². The zero-order valence-corrected chi connectivity index (χ0v) is 19.2. The van der Waals surface area contributed by atoms with E-state index in [0.717, 1.165) is 15.1 Å². The number of rotatable bonds is 6. The Kier molecular flexibility index (Phi) is 7.71. The smallest absolute Gasteiger partial charge is 0.410 e. The average Bonchev–Trinajstić information content (AvgIpc) is 2.94. The fraction of sp³-hybridized carbons (Fsp3) is 0.684. The van der Waals surface area contributed by atoms with Gasteiger partial charge in [-0.25, -0.2) is 14.0 Å². The molecule has 2 rings (SSSR count). The topological polar surface area (TPSA) is 124 Å². The molecule has 0 aliphatic carbocycles. The number of ether oxygens (including phenoxy) is 2. The number of amides is 1. The lowest BCUT2D eigenvalue weighted by atomic mass is 9.88. The van der Waals surface area contributed by atoms with Crippen LogP contribution in [0.15, 0.2) is 6.20 Å². The number of anilines is 1. The fourth-order valence-corrected chi connectivity index (χ4v) is 4.35. The Balaban J connectivity index is 2.35. The standard InChI is InChI=1S/C19H30FN3O7S/c1-6-29-16(25)15-14(20)13(11-21(15)5)23(31(27)28)19(12-24)7-9-22(10-8-19)17(26)30-18(2,3)4/h11,24H,6-10,12H2,1-5H3,(H,27,28)/p-1. The van der Waals surface area contributed by atoms with E-state index in [0.29, 0.717) is 0 Å². The number of likely N-dealkylation sites (tertiary alicyclic amines) is 1. The van der Waals surface area contributed by atoms with Crippen LogP contribution < -0.4 is 4.31 Å². The van der Waals surface area contributed by atoms with Crippen molar-refractivity contribution < 1.29 is 37.3 Å². The van der Waals surface area contributed by atoms with Gasteiger partial charge < -0.3 is 28.6 Å². The van der Waals surface area contributed by atoms with Crippen molar-refractivity contribution in [3.8, 4) is 0 Å². The van der Waals surface area contributed by atoms with Crippen molar-refractivity contribution >= 4 is 29.0 Å². The summed E-state index contributed by atoms with van der Waals surface area (Å²) in [7, 11) is 1.39. The van der Waals surface area contributed by atoms with Crippen LogP contribution in [0.4, 0.5) is 14.9 Å². The molecule has 1 unspecified atom stereocenters. The van der Waals surface area contributed by atoms with Crippen molar-refractivity contribution in [3.05, 3.63) is 17.7 Å². The highest BCUT2D eigenvalue weighted by molar-refractivity contribution is 7.80. The quantitative estimate of drug-likeness (QED) is 0.504. The molecule has 0 bridgehead atoms. The number of carbonyl (C=O) groups is 2. The Morgan fingerprint density at radius 1 is 1.35 bits per heavy atom. The lowest BCUT2D eigenvalue weighted by molar-refractivity contribution is 0.0136. The molecule has 1 N–H and O–H groups in total. The van der Waals surface area contributed by atoms with Gasteiger partial charge in [-0.3, -0.25) is 8.51 Å². The number of aliphatic hydroxyl groups is 1. The molecule has 1 fully saturated rings. The number of hydrogen-bond donors (Lipinski definition) is 1. The van der Waals surface area contributed by atoms with Crippen molar-refractivity contribution in [1.82, 2.24) is 9.47 Å². The van der Waals surface area contributed by atoms with Crippen molar-refractivity contribution in [2.24, 2.45) is 7.05 Å². The molecule has 1 aromatic heterocycles. The van der Waals surface area contributed by atoms with Gasteiger partial charge in [0.15, 0.2) is 11.5 Å². The predicted molar refractivity (Wildman–Crippen MR) is 110 cm³/mol. The molecule has 31 heavy (non-hydrogen) atoms. The summed E-state index contributed by atoms with van der Waals surface area (Å²) in [5, 5.41) is 10.1. The van der Waals surface area contributed by atoms with Crippen LogP contribution in [-0.2, 0) is 27.8 Å². The maximum Gasteiger partial charge on any atom is 0.410 e. The van der Waals surface area contributed by atoms with Crippen LogP contribution in [0.3, 0.4) is 0 Å². The highest BCUT2D eigenvalue weighted by Gasteiger charge is 2.44. The third kappa shape index (κ3) is 5.36.